The summed E-state index contributed by atoms with van der Waals surface area (Å²) < 4.78 is 32.7. The number of anilines is 1. The molecule has 2 aromatic carbocycles. The first kappa shape index (κ1) is 22.6. The summed E-state index contributed by atoms with van der Waals surface area (Å²) in [5.74, 6) is 0.219. The molecule has 1 N–H and O–H groups in total. The van der Waals surface area contributed by atoms with Crippen LogP contribution in [-0.2, 0) is 14.8 Å². The zero-order valence-electron chi connectivity index (χ0n) is 17.2. The molecule has 0 unspecified atom stereocenters. The monoisotopic (exact) mass is 450 g/mol. The molecule has 0 aromatic heterocycles. The highest BCUT2D eigenvalue weighted by molar-refractivity contribution is 7.89. The van der Waals surface area contributed by atoms with Crippen LogP contribution in [0.2, 0.25) is 5.02 Å². The van der Waals surface area contributed by atoms with Crippen LogP contribution in [0.15, 0.2) is 47.4 Å². The third kappa shape index (κ3) is 5.53. The molecular formula is C22H27ClN2O4S. The van der Waals surface area contributed by atoms with E-state index in [1.807, 2.05) is 6.92 Å². The number of rotatable bonds is 7. The summed E-state index contributed by atoms with van der Waals surface area (Å²) in [5, 5.41) is 3.35. The lowest BCUT2D eigenvalue weighted by Gasteiger charge is -2.30. The summed E-state index contributed by atoms with van der Waals surface area (Å²) >= 11 is 5.98. The number of nitrogens with zero attached hydrogens (tertiary/aromatic N) is 1. The number of amides is 1. The first-order valence-electron chi connectivity index (χ1n) is 10.0. The predicted molar refractivity (Wildman–Crippen MR) is 119 cm³/mol. The van der Waals surface area contributed by atoms with Crippen LogP contribution in [0.3, 0.4) is 0 Å². The molecule has 1 saturated carbocycles. The number of carbonyl (C=O) groups is 1. The molecule has 0 spiro atoms. The molecule has 3 rings (SSSR count). The summed E-state index contributed by atoms with van der Waals surface area (Å²) in [5.41, 5.74) is 1.37. The summed E-state index contributed by atoms with van der Waals surface area (Å²) in [6.45, 7) is 1.70. The van der Waals surface area contributed by atoms with E-state index in [1.165, 1.54) is 22.9 Å². The van der Waals surface area contributed by atoms with E-state index in [2.05, 4.69) is 5.32 Å². The van der Waals surface area contributed by atoms with Crippen LogP contribution >= 0.6 is 11.6 Å². The largest absolute Gasteiger partial charge is 0.484 e. The Morgan fingerprint density at radius 2 is 1.80 bits per heavy atom. The lowest BCUT2D eigenvalue weighted by molar-refractivity contribution is -0.118. The Morgan fingerprint density at radius 3 is 2.43 bits per heavy atom. The molecule has 30 heavy (non-hydrogen) atoms. The van der Waals surface area contributed by atoms with Gasteiger partial charge in [-0.3, -0.25) is 4.79 Å². The van der Waals surface area contributed by atoms with Crippen molar-refractivity contribution in [2.45, 2.75) is 50.0 Å². The molecule has 1 amide bonds. The van der Waals surface area contributed by atoms with Crippen LogP contribution < -0.4 is 10.1 Å². The molecule has 0 atom stereocenters. The second kappa shape index (κ2) is 9.81. The van der Waals surface area contributed by atoms with Gasteiger partial charge in [0.15, 0.2) is 6.61 Å². The summed E-state index contributed by atoms with van der Waals surface area (Å²) in [4.78, 5) is 12.4. The van der Waals surface area contributed by atoms with Crippen LogP contribution in [-0.4, -0.2) is 38.3 Å². The van der Waals surface area contributed by atoms with Gasteiger partial charge in [-0.25, -0.2) is 8.42 Å². The van der Waals surface area contributed by atoms with Gasteiger partial charge in [0.1, 0.15) is 5.75 Å². The second-order valence-corrected chi connectivity index (χ2v) is 9.99. The average Bonchev–Trinajstić information content (AvgIpc) is 2.75. The van der Waals surface area contributed by atoms with Crippen molar-refractivity contribution in [2.24, 2.45) is 0 Å². The fourth-order valence-electron chi connectivity index (χ4n) is 3.57. The standard InChI is InChI=1S/C22H27ClN2O4S/c1-16-14-19(10-13-21(16)23)29-15-22(26)24-17-8-11-20(12-9-17)30(27,28)25(2)18-6-4-3-5-7-18/h8-14,18H,3-7,15H2,1-2H3,(H,24,26). The Kier molecular flexibility index (Phi) is 7.39. The molecule has 0 saturated heterocycles. The van der Waals surface area contributed by atoms with Crippen molar-refractivity contribution in [2.75, 3.05) is 19.0 Å². The van der Waals surface area contributed by atoms with Gasteiger partial charge in [-0.15, -0.1) is 0 Å². The van der Waals surface area contributed by atoms with Gasteiger partial charge in [-0.1, -0.05) is 30.9 Å². The fraction of sp³-hybridized carbons (Fsp3) is 0.409. The minimum absolute atomic E-state index is 0.0526. The highest BCUT2D eigenvalue weighted by atomic mass is 35.5. The van der Waals surface area contributed by atoms with Gasteiger partial charge in [0.05, 0.1) is 4.90 Å². The number of sulfonamides is 1. The number of ether oxygens (including phenoxy) is 1. The van der Waals surface area contributed by atoms with E-state index >= 15 is 0 Å². The number of hydrogen-bond donors (Lipinski definition) is 1. The fourth-order valence-corrected chi connectivity index (χ4v) is 5.10. The molecule has 6 nitrogen and oxygen atoms in total. The number of halogens is 1. The summed E-state index contributed by atoms with van der Waals surface area (Å²) in [7, 11) is -1.90. The van der Waals surface area contributed by atoms with Crippen molar-refractivity contribution in [1.82, 2.24) is 4.31 Å². The first-order valence-corrected chi connectivity index (χ1v) is 11.9. The lowest BCUT2D eigenvalue weighted by Crippen LogP contribution is -2.38. The molecule has 0 aliphatic heterocycles. The van der Waals surface area contributed by atoms with Crippen molar-refractivity contribution in [3.8, 4) is 5.75 Å². The molecule has 0 heterocycles. The highest BCUT2D eigenvalue weighted by Crippen LogP contribution is 2.27. The number of benzene rings is 2. The van der Waals surface area contributed by atoms with Crippen LogP contribution in [0.5, 0.6) is 5.75 Å². The van der Waals surface area contributed by atoms with Gasteiger partial charge in [0.2, 0.25) is 10.0 Å². The van der Waals surface area contributed by atoms with Crippen molar-refractivity contribution in [1.29, 1.82) is 0 Å². The third-order valence-electron chi connectivity index (χ3n) is 5.40. The molecule has 0 radical (unpaired) electrons. The molecule has 0 bridgehead atoms. The second-order valence-electron chi connectivity index (χ2n) is 7.59. The minimum atomic E-state index is -3.55. The average molecular weight is 451 g/mol. The topological polar surface area (TPSA) is 75.7 Å². The molecule has 8 heteroatoms. The van der Waals surface area contributed by atoms with Crippen LogP contribution in [0.25, 0.3) is 0 Å². The quantitative estimate of drug-likeness (QED) is 0.667. The SMILES string of the molecule is Cc1cc(OCC(=O)Nc2ccc(S(=O)(=O)N(C)C3CCCCC3)cc2)ccc1Cl. The van der Waals surface area contributed by atoms with Crippen molar-refractivity contribution < 1.29 is 17.9 Å². The first-order chi connectivity index (χ1) is 14.3. The van der Waals surface area contributed by atoms with E-state index in [4.69, 9.17) is 16.3 Å². The number of hydrogen-bond acceptors (Lipinski definition) is 4. The van der Waals surface area contributed by atoms with E-state index in [1.54, 1.807) is 37.4 Å². The van der Waals surface area contributed by atoms with E-state index < -0.39 is 10.0 Å². The lowest BCUT2D eigenvalue weighted by atomic mass is 9.96. The van der Waals surface area contributed by atoms with Crippen molar-refractivity contribution >= 4 is 33.2 Å². The molecule has 2 aromatic rings. The van der Waals surface area contributed by atoms with Crippen LogP contribution in [0, 0.1) is 6.92 Å². The minimum Gasteiger partial charge on any atom is -0.484 e. The zero-order valence-corrected chi connectivity index (χ0v) is 18.8. The number of nitrogens with one attached hydrogen (secondary N) is 1. The van der Waals surface area contributed by atoms with Gasteiger partial charge in [-0.05, 0) is 67.8 Å². The van der Waals surface area contributed by atoms with Crippen LogP contribution in [0.1, 0.15) is 37.7 Å². The third-order valence-corrected chi connectivity index (χ3v) is 7.75. The Bertz CT molecular complexity index is 987. The Labute approximate surface area is 183 Å². The van der Waals surface area contributed by atoms with E-state index in [0.717, 1.165) is 31.2 Å². The summed E-state index contributed by atoms with van der Waals surface area (Å²) in [6.07, 6.45) is 5.09. The smallest absolute Gasteiger partial charge is 0.262 e. The van der Waals surface area contributed by atoms with Gasteiger partial charge in [-0.2, -0.15) is 4.31 Å². The van der Waals surface area contributed by atoms with Crippen molar-refractivity contribution in [3.05, 3.63) is 53.1 Å². The Balaban J connectivity index is 1.58. The van der Waals surface area contributed by atoms with Crippen LogP contribution in [0.4, 0.5) is 5.69 Å². The van der Waals surface area contributed by atoms with Gasteiger partial charge in [0.25, 0.3) is 5.91 Å². The van der Waals surface area contributed by atoms with Gasteiger partial charge in [0, 0.05) is 23.8 Å². The highest BCUT2D eigenvalue weighted by Gasteiger charge is 2.28. The number of aryl methyl sites for hydroxylation is 1. The maximum Gasteiger partial charge on any atom is 0.262 e. The van der Waals surface area contributed by atoms with Gasteiger partial charge >= 0.3 is 0 Å². The normalized spacial score (nSPS) is 15.2. The molecular weight excluding hydrogens is 424 g/mol. The van der Waals surface area contributed by atoms with E-state index in [9.17, 15) is 13.2 Å². The maximum atomic E-state index is 12.9. The Morgan fingerprint density at radius 1 is 1.13 bits per heavy atom. The predicted octanol–water partition coefficient (Wildman–Crippen LogP) is 4.62. The van der Waals surface area contributed by atoms with E-state index in [0.29, 0.717) is 16.5 Å². The molecule has 1 aliphatic rings. The maximum absolute atomic E-state index is 12.9. The molecule has 1 aliphatic carbocycles. The number of carbonyl (C=O) groups excluding carboxylic acids is 1. The molecule has 1 fully saturated rings. The Hall–Kier alpha value is -2.09. The van der Waals surface area contributed by atoms with Crippen molar-refractivity contribution in [3.63, 3.8) is 0 Å². The zero-order chi connectivity index (χ0) is 21.7. The molecule has 162 valence electrons. The van der Waals surface area contributed by atoms with Gasteiger partial charge < -0.3 is 10.1 Å². The summed E-state index contributed by atoms with van der Waals surface area (Å²) in [6, 6.07) is 11.5. The van der Waals surface area contributed by atoms with E-state index in [-0.39, 0.29) is 23.5 Å².